The van der Waals surface area contributed by atoms with Crippen LogP contribution in [-0.2, 0) is 27.8 Å². The van der Waals surface area contributed by atoms with Crippen LogP contribution in [0.4, 0.5) is 11.4 Å². The topological polar surface area (TPSA) is 117 Å². The van der Waals surface area contributed by atoms with Gasteiger partial charge in [0.15, 0.2) is 0 Å². The molecule has 0 saturated carbocycles. The Kier molecular flexibility index (Phi) is 13.3. The minimum atomic E-state index is -0.936. The number of anilines is 2. The summed E-state index contributed by atoms with van der Waals surface area (Å²) in [6.45, 7) is 5.97. The highest BCUT2D eigenvalue weighted by molar-refractivity contribution is 6.05. The SMILES string of the molecule is COc1ccc(N(C)C(=O)[C@H](Cc2ccccc2)NC(=O)c2cc(C(=O)N[C@@H](Cc3ccccc3)C(=O)N(C)c3ccc(OC)cc3)cc(C(C)(C)C)c2)cc1. The van der Waals surface area contributed by atoms with Crippen LogP contribution in [0.1, 0.15) is 58.2 Å². The van der Waals surface area contributed by atoms with E-state index >= 15 is 0 Å². The number of amides is 4. The third kappa shape index (κ3) is 10.4. The summed E-state index contributed by atoms with van der Waals surface area (Å²) in [4.78, 5) is 59.6. The lowest BCUT2D eigenvalue weighted by atomic mass is 9.84. The van der Waals surface area contributed by atoms with Crippen LogP contribution >= 0.6 is 0 Å². The summed E-state index contributed by atoms with van der Waals surface area (Å²) in [5.41, 5.74) is 3.70. The van der Waals surface area contributed by atoms with E-state index in [0.29, 0.717) is 22.9 Å². The van der Waals surface area contributed by atoms with Gasteiger partial charge in [0.1, 0.15) is 23.6 Å². The second-order valence-electron chi connectivity index (χ2n) is 14.7. The van der Waals surface area contributed by atoms with Crippen LogP contribution in [0, 0.1) is 0 Å². The van der Waals surface area contributed by atoms with Crippen LogP contribution in [0.2, 0.25) is 0 Å². The average molecular weight is 755 g/mol. The summed E-state index contributed by atoms with van der Waals surface area (Å²) in [5, 5.41) is 5.95. The first-order valence-electron chi connectivity index (χ1n) is 18.5. The molecule has 0 unspecified atom stereocenters. The van der Waals surface area contributed by atoms with Crippen molar-refractivity contribution in [2.75, 3.05) is 38.1 Å². The number of hydrogen-bond acceptors (Lipinski definition) is 6. The summed E-state index contributed by atoms with van der Waals surface area (Å²) < 4.78 is 10.6. The van der Waals surface area contributed by atoms with E-state index in [2.05, 4.69) is 10.6 Å². The van der Waals surface area contributed by atoms with Crippen molar-refractivity contribution >= 4 is 35.0 Å². The molecule has 10 heteroatoms. The molecule has 290 valence electrons. The molecule has 0 radical (unpaired) electrons. The minimum absolute atomic E-state index is 0.210. The lowest BCUT2D eigenvalue weighted by Gasteiger charge is -2.27. The van der Waals surface area contributed by atoms with E-state index in [-0.39, 0.29) is 35.8 Å². The Hall–Kier alpha value is -6.42. The van der Waals surface area contributed by atoms with Crippen molar-refractivity contribution in [2.45, 2.75) is 51.1 Å². The van der Waals surface area contributed by atoms with E-state index in [4.69, 9.17) is 9.47 Å². The molecule has 0 aliphatic rings. The zero-order valence-electron chi connectivity index (χ0n) is 33.0. The molecule has 2 N–H and O–H groups in total. The Labute approximate surface area is 329 Å². The van der Waals surface area contributed by atoms with Crippen molar-refractivity contribution in [3.63, 3.8) is 0 Å². The van der Waals surface area contributed by atoms with Crippen LogP contribution < -0.4 is 29.9 Å². The van der Waals surface area contributed by atoms with Gasteiger partial charge in [-0.2, -0.15) is 0 Å². The molecule has 0 aliphatic carbocycles. The van der Waals surface area contributed by atoms with Crippen LogP contribution in [0.25, 0.3) is 0 Å². The zero-order valence-corrected chi connectivity index (χ0v) is 33.0. The Morgan fingerprint density at radius 2 is 0.911 bits per heavy atom. The van der Waals surface area contributed by atoms with E-state index in [1.807, 2.05) is 81.4 Å². The average Bonchev–Trinajstić information content (AvgIpc) is 3.22. The molecule has 0 aromatic heterocycles. The maximum absolute atomic E-state index is 14.2. The number of methoxy groups -OCH3 is 2. The highest BCUT2D eigenvalue weighted by atomic mass is 16.5. The van der Waals surface area contributed by atoms with Crippen molar-refractivity contribution in [3.8, 4) is 11.5 Å². The minimum Gasteiger partial charge on any atom is -0.497 e. The van der Waals surface area contributed by atoms with Crippen LogP contribution in [0.15, 0.2) is 127 Å². The van der Waals surface area contributed by atoms with Gasteiger partial charge in [-0.15, -0.1) is 0 Å². The van der Waals surface area contributed by atoms with Gasteiger partial charge in [-0.05, 0) is 88.8 Å². The van der Waals surface area contributed by atoms with Gasteiger partial charge in [0.25, 0.3) is 11.8 Å². The van der Waals surface area contributed by atoms with Crippen molar-refractivity contribution in [1.29, 1.82) is 0 Å². The summed E-state index contributed by atoms with van der Waals surface area (Å²) in [6, 6.07) is 36.2. The van der Waals surface area contributed by atoms with Gasteiger partial charge in [-0.1, -0.05) is 81.4 Å². The molecule has 5 aromatic rings. The monoisotopic (exact) mass is 754 g/mol. The molecule has 5 aromatic carbocycles. The third-order valence-corrected chi connectivity index (χ3v) is 9.68. The number of carbonyl (C=O) groups is 4. The molecular formula is C46H50N4O6. The van der Waals surface area contributed by atoms with Gasteiger partial charge in [-0.25, -0.2) is 0 Å². The number of ether oxygens (including phenoxy) is 2. The molecule has 0 fully saturated rings. The molecule has 0 saturated heterocycles. The first-order valence-corrected chi connectivity index (χ1v) is 18.5. The number of hydrogen-bond donors (Lipinski definition) is 2. The Morgan fingerprint density at radius 1 is 0.554 bits per heavy atom. The second kappa shape index (κ2) is 18.3. The molecule has 0 heterocycles. The maximum atomic E-state index is 14.2. The predicted octanol–water partition coefficient (Wildman–Crippen LogP) is 7.01. The fourth-order valence-electron chi connectivity index (χ4n) is 6.24. The summed E-state index contributed by atoms with van der Waals surface area (Å²) in [6.07, 6.45) is 0.479. The first-order chi connectivity index (χ1) is 26.8. The molecule has 0 bridgehead atoms. The number of benzene rings is 5. The number of rotatable bonds is 14. The van der Waals surface area contributed by atoms with Crippen LogP contribution in [0.3, 0.4) is 0 Å². The van der Waals surface area contributed by atoms with E-state index in [1.165, 1.54) is 15.9 Å². The van der Waals surface area contributed by atoms with E-state index < -0.39 is 29.3 Å². The summed E-state index contributed by atoms with van der Waals surface area (Å²) >= 11 is 0. The predicted molar refractivity (Wildman–Crippen MR) is 221 cm³/mol. The van der Waals surface area contributed by atoms with Crippen molar-refractivity contribution in [1.82, 2.24) is 10.6 Å². The standard InChI is InChI=1S/C46H50N4O6/c1-46(2,3)35-29-33(42(51)47-40(26-31-14-10-8-11-15-31)44(53)49(4)36-18-22-38(55-6)23-19-36)28-34(30-35)43(52)48-41(27-32-16-12-9-13-17-32)45(54)50(5)37-20-24-39(56-7)25-21-37/h8-25,28-30,40-41H,26-27H2,1-7H3,(H,47,51)(H,48,52)/t40-,41-/m0/s1. The van der Waals surface area contributed by atoms with Crippen LogP contribution in [0.5, 0.6) is 11.5 Å². The fourth-order valence-corrected chi connectivity index (χ4v) is 6.24. The highest BCUT2D eigenvalue weighted by Gasteiger charge is 2.29. The first kappa shape index (κ1) is 40.8. The van der Waals surface area contributed by atoms with Crippen molar-refractivity contribution in [3.05, 3.63) is 155 Å². The fraction of sp³-hybridized carbons (Fsp3) is 0.261. The second-order valence-corrected chi connectivity index (χ2v) is 14.7. The Balaban J connectivity index is 1.45. The molecular weight excluding hydrogens is 705 g/mol. The number of nitrogens with one attached hydrogen (secondary N) is 2. The smallest absolute Gasteiger partial charge is 0.251 e. The van der Waals surface area contributed by atoms with Crippen LogP contribution in [-0.4, -0.2) is 64.0 Å². The van der Waals surface area contributed by atoms with E-state index in [1.54, 1.807) is 89.0 Å². The van der Waals surface area contributed by atoms with Gasteiger partial charge in [0.05, 0.1) is 14.2 Å². The number of carbonyl (C=O) groups excluding carboxylic acids is 4. The van der Waals surface area contributed by atoms with Gasteiger partial charge in [-0.3, -0.25) is 19.2 Å². The normalized spacial score (nSPS) is 12.1. The number of likely N-dealkylation sites (N-methyl/N-ethyl adjacent to an activating group) is 2. The summed E-state index contributed by atoms with van der Waals surface area (Å²) in [7, 11) is 6.47. The molecule has 10 nitrogen and oxygen atoms in total. The van der Waals surface area contributed by atoms with Gasteiger partial charge in [0, 0.05) is 49.4 Å². The summed E-state index contributed by atoms with van der Waals surface area (Å²) in [5.74, 6) is -0.358. The molecule has 56 heavy (non-hydrogen) atoms. The molecule has 2 atom stereocenters. The third-order valence-electron chi connectivity index (χ3n) is 9.68. The quantitative estimate of drug-likeness (QED) is 0.126. The zero-order chi connectivity index (χ0) is 40.4. The maximum Gasteiger partial charge on any atom is 0.251 e. The molecule has 4 amide bonds. The van der Waals surface area contributed by atoms with E-state index in [9.17, 15) is 19.2 Å². The highest BCUT2D eigenvalue weighted by Crippen LogP contribution is 2.26. The van der Waals surface area contributed by atoms with Crippen molar-refractivity contribution < 1.29 is 28.7 Å². The Morgan fingerprint density at radius 3 is 1.23 bits per heavy atom. The van der Waals surface area contributed by atoms with Crippen molar-refractivity contribution in [2.24, 2.45) is 0 Å². The molecule has 0 spiro atoms. The molecule has 5 rings (SSSR count). The molecule has 0 aliphatic heterocycles. The lowest BCUT2D eigenvalue weighted by molar-refractivity contribution is -0.120. The van der Waals surface area contributed by atoms with Gasteiger partial charge < -0.3 is 29.9 Å². The lowest BCUT2D eigenvalue weighted by Crippen LogP contribution is -2.49. The largest absolute Gasteiger partial charge is 0.497 e. The number of nitrogens with zero attached hydrogens (tertiary/aromatic N) is 2. The van der Waals surface area contributed by atoms with Gasteiger partial charge in [0.2, 0.25) is 11.8 Å². The van der Waals surface area contributed by atoms with Gasteiger partial charge >= 0.3 is 0 Å². The van der Waals surface area contributed by atoms with E-state index in [0.717, 1.165) is 16.7 Å². The Bertz CT molecular complexity index is 1970.